The summed E-state index contributed by atoms with van der Waals surface area (Å²) >= 11 is 0. The maximum absolute atomic E-state index is 5.33. The molecule has 1 aromatic carbocycles. The van der Waals surface area contributed by atoms with Crippen LogP contribution in [0.4, 0.5) is 0 Å². The molecule has 0 amide bonds. The van der Waals surface area contributed by atoms with E-state index in [0.29, 0.717) is 6.04 Å². The molecule has 1 aliphatic rings. The molecular formula is C14H22N2O. The molecule has 0 radical (unpaired) electrons. The Balaban J connectivity index is 1.68. The molecule has 17 heavy (non-hydrogen) atoms. The second-order valence-electron chi connectivity index (χ2n) is 4.65. The quantitative estimate of drug-likeness (QED) is 0.841. The van der Waals surface area contributed by atoms with Gasteiger partial charge in [0.25, 0.3) is 0 Å². The van der Waals surface area contributed by atoms with Gasteiger partial charge in [-0.3, -0.25) is 5.43 Å². The average molecular weight is 234 g/mol. The lowest BCUT2D eigenvalue weighted by atomic mass is 10.1. The standard InChI is InChI=1S/C14H22N2O/c1-13(15-16-9-11-17-12-10-16)7-8-14-5-3-2-4-6-14/h2-6,13,15H,7-12H2,1H3/t13-/m0/s1. The third kappa shape index (κ3) is 4.46. The van der Waals surface area contributed by atoms with Crippen LogP contribution in [0.5, 0.6) is 0 Å². The van der Waals surface area contributed by atoms with Crippen LogP contribution in [0.2, 0.25) is 0 Å². The molecule has 2 rings (SSSR count). The largest absolute Gasteiger partial charge is 0.379 e. The van der Waals surface area contributed by atoms with Crippen molar-refractivity contribution >= 4 is 0 Å². The van der Waals surface area contributed by atoms with E-state index in [4.69, 9.17) is 4.74 Å². The molecule has 1 aromatic rings. The van der Waals surface area contributed by atoms with Gasteiger partial charge in [0.2, 0.25) is 0 Å². The van der Waals surface area contributed by atoms with Gasteiger partial charge in [-0.25, -0.2) is 5.01 Å². The number of morpholine rings is 1. The number of benzene rings is 1. The number of nitrogens with zero attached hydrogens (tertiary/aromatic N) is 1. The molecule has 0 aliphatic carbocycles. The summed E-state index contributed by atoms with van der Waals surface area (Å²) in [6, 6.07) is 11.2. The van der Waals surface area contributed by atoms with Crippen LogP contribution < -0.4 is 5.43 Å². The van der Waals surface area contributed by atoms with Crippen molar-refractivity contribution in [2.45, 2.75) is 25.8 Å². The van der Waals surface area contributed by atoms with E-state index in [1.54, 1.807) is 0 Å². The zero-order valence-corrected chi connectivity index (χ0v) is 10.6. The zero-order chi connectivity index (χ0) is 11.9. The van der Waals surface area contributed by atoms with Crippen molar-refractivity contribution in [3.8, 4) is 0 Å². The summed E-state index contributed by atoms with van der Waals surface area (Å²) in [4.78, 5) is 0. The highest BCUT2D eigenvalue weighted by atomic mass is 16.5. The molecule has 94 valence electrons. The second kappa shape index (κ2) is 6.74. The SMILES string of the molecule is C[C@@H](CCc1ccccc1)NN1CCOCC1. The van der Waals surface area contributed by atoms with Crippen molar-refractivity contribution in [2.24, 2.45) is 0 Å². The van der Waals surface area contributed by atoms with E-state index in [1.807, 2.05) is 0 Å². The topological polar surface area (TPSA) is 24.5 Å². The highest BCUT2D eigenvalue weighted by Crippen LogP contribution is 2.05. The molecule has 0 spiro atoms. The van der Waals surface area contributed by atoms with Crippen molar-refractivity contribution in [1.82, 2.24) is 10.4 Å². The summed E-state index contributed by atoms with van der Waals surface area (Å²) in [5.41, 5.74) is 4.96. The smallest absolute Gasteiger partial charge is 0.0608 e. The van der Waals surface area contributed by atoms with Crippen LogP contribution in [0.15, 0.2) is 30.3 Å². The Bertz CT molecular complexity index is 309. The Morgan fingerprint density at radius 2 is 1.94 bits per heavy atom. The Hall–Kier alpha value is -0.900. The second-order valence-corrected chi connectivity index (χ2v) is 4.65. The molecule has 3 nitrogen and oxygen atoms in total. The molecule has 1 aliphatic heterocycles. The molecule has 0 aromatic heterocycles. The first-order chi connectivity index (χ1) is 8.34. The van der Waals surface area contributed by atoms with Crippen molar-refractivity contribution in [1.29, 1.82) is 0 Å². The van der Waals surface area contributed by atoms with Gasteiger partial charge in [-0.15, -0.1) is 0 Å². The first-order valence-corrected chi connectivity index (χ1v) is 6.47. The lowest BCUT2D eigenvalue weighted by Gasteiger charge is -2.30. The van der Waals surface area contributed by atoms with Gasteiger partial charge in [-0.1, -0.05) is 30.3 Å². The molecule has 1 fully saturated rings. The van der Waals surface area contributed by atoms with Crippen LogP contribution in [0.1, 0.15) is 18.9 Å². The predicted molar refractivity (Wildman–Crippen MR) is 69.8 cm³/mol. The molecule has 0 unspecified atom stereocenters. The van der Waals surface area contributed by atoms with Gasteiger partial charge >= 0.3 is 0 Å². The molecule has 1 atom stereocenters. The first-order valence-electron chi connectivity index (χ1n) is 6.47. The van der Waals surface area contributed by atoms with E-state index >= 15 is 0 Å². The number of ether oxygens (including phenoxy) is 1. The van der Waals surface area contributed by atoms with Crippen LogP contribution in [-0.2, 0) is 11.2 Å². The maximum atomic E-state index is 5.33. The maximum Gasteiger partial charge on any atom is 0.0608 e. The van der Waals surface area contributed by atoms with Crippen LogP contribution in [0, 0.1) is 0 Å². The van der Waals surface area contributed by atoms with Crippen molar-refractivity contribution in [2.75, 3.05) is 26.3 Å². The van der Waals surface area contributed by atoms with Crippen LogP contribution >= 0.6 is 0 Å². The number of aryl methyl sites for hydroxylation is 1. The number of nitrogens with one attached hydrogen (secondary N) is 1. The predicted octanol–water partition coefficient (Wildman–Crippen LogP) is 1.84. The van der Waals surface area contributed by atoms with Gasteiger partial charge < -0.3 is 4.74 Å². The summed E-state index contributed by atoms with van der Waals surface area (Å²) in [7, 11) is 0. The Labute approximate surface area is 104 Å². The minimum Gasteiger partial charge on any atom is -0.379 e. The van der Waals surface area contributed by atoms with Crippen LogP contribution in [-0.4, -0.2) is 37.4 Å². The highest BCUT2D eigenvalue weighted by molar-refractivity contribution is 5.14. The average Bonchev–Trinajstić information content (AvgIpc) is 2.39. The summed E-state index contributed by atoms with van der Waals surface area (Å²) < 4.78 is 5.33. The van der Waals surface area contributed by atoms with E-state index in [9.17, 15) is 0 Å². The minimum absolute atomic E-state index is 0.522. The van der Waals surface area contributed by atoms with Gasteiger partial charge in [-0.05, 0) is 25.3 Å². The van der Waals surface area contributed by atoms with E-state index in [1.165, 1.54) is 12.0 Å². The van der Waals surface area contributed by atoms with Gasteiger partial charge in [-0.2, -0.15) is 0 Å². The van der Waals surface area contributed by atoms with Gasteiger partial charge in [0, 0.05) is 19.1 Å². The highest BCUT2D eigenvalue weighted by Gasteiger charge is 2.12. The molecule has 1 heterocycles. The Kier molecular flexibility index (Phi) is 4.98. The normalized spacial score (nSPS) is 19.1. The van der Waals surface area contributed by atoms with Crippen LogP contribution in [0.3, 0.4) is 0 Å². The molecule has 1 saturated heterocycles. The molecule has 0 saturated carbocycles. The van der Waals surface area contributed by atoms with Gasteiger partial charge in [0.1, 0.15) is 0 Å². The van der Waals surface area contributed by atoms with E-state index in [2.05, 4.69) is 47.7 Å². The summed E-state index contributed by atoms with van der Waals surface area (Å²) in [5.74, 6) is 0. The molecule has 0 bridgehead atoms. The zero-order valence-electron chi connectivity index (χ0n) is 10.6. The molecule has 3 heteroatoms. The first kappa shape index (κ1) is 12.6. The third-order valence-electron chi connectivity index (χ3n) is 3.12. The summed E-state index contributed by atoms with van der Waals surface area (Å²) in [6.07, 6.45) is 2.31. The Morgan fingerprint density at radius 1 is 1.24 bits per heavy atom. The lowest BCUT2D eigenvalue weighted by molar-refractivity contribution is 0.00446. The Morgan fingerprint density at radius 3 is 2.65 bits per heavy atom. The van der Waals surface area contributed by atoms with Crippen molar-refractivity contribution in [3.63, 3.8) is 0 Å². The number of hydrazine groups is 1. The molecular weight excluding hydrogens is 212 g/mol. The number of hydrogen-bond donors (Lipinski definition) is 1. The minimum atomic E-state index is 0.522. The summed E-state index contributed by atoms with van der Waals surface area (Å²) in [6.45, 7) is 5.93. The molecule has 1 N–H and O–H groups in total. The number of rotatable bonds is 5. The van der Waals surface area contributed by atoms with E-state index in [0.717, 1.165) is 32.7 Å². The van der Waals surface area contributed by atoms with Crippen molar-refractivity contribution in [3.05, 3.63) is 35.9 Å². The van der Waals surface area contributed by atoms with Crippen molar-refractivity contribution < 1.29 is 4.74 Å². The van der Waals surface area contributed by atoms with Gasteiger partial charge in [0.15, 0.2) is 0 Å². The monoisotopic (exact) mass is 234 g/mol. The lowest BCUT2D eigenvalue weighted by Crippen LogP contribution is -2.49. The summed E-state index contributed by atoms with van der Waals surface area (Å²) in [5, 5.41) is 2.28. The fourth-order valence-electron chi connectivity index (χ4n) is 2.10. The fraction of sp³-hybridized carbons (Fsp3) is 0.571. The third-order valence-corrected chi connectivity index (χ3v) is 3.12. The van der Waals surface area contributed by atoms with Crippen LogP contribution in [0.25, 0.3) is 0 Å². The number of hydrogen-bond acceptors (Lipinski definition) is 3. The fourth-order valence-corrected chi connectivity index (χ4v) is 2.10. The van der Waals surface area contributed by atoms with E-state index < -0.39 is 0 Å². The van der Waals surface area contributed by atoms with E-state index in [-0.39, 0.29) is 0 Å². The van der Waals surface area contributed by atoms with Gasteiger partial charge in [0.05, 0.1) is 13.2 Å².